The second-order valence-corrected chi connectivity index (χ2v) is 7.47. The average molecular weight is 326 g/mol. The summed E-state index contributed by atoms with van der Waals surface area (Å²) in [7, 11) is 0. The number of amides is 1. The van der Waals surface area contributed by atoms with Crippen molar-refractivity contribution in [1.82, 2.24) is 15.1 Å². The van der Waals surface area contributed by atoms with Crippen molar-refractivity contribution >= 4 is 11.6 Å². The average Bonchev–Trinajstić information content (AvgIpc) is 3.03. The molecule has 1 aromatic carbocycles. The zero-order valence-electron chi connectivity index (χ0n) is 14.7. The number of rotatable bonds is 3. The molecule has 1 aliphatic heterocycles. The van der Waals surface area contributed by atoms with E-state index < -0.39 is 0 Å². The fourth-order valence-corrected chi connectivity index (χ4v) is 3.00. The van der Waals surface area contributed by atoms with Gasteiger partial charge in [0.1, 0.15) is 0 Å². The van der Waals surface area contributed by atoms with Crippen molar-refractivity contribution in [3.8, 4) is 0 Å². The Labute approximate surface area is 143 Å². The largest absolute Gasteiger partial charge is 0.319 e. The zero-order valence-corrected chi connectivity index (χ0v) is 14.7. The molecule has 0 aliphatic carbocycles. The SMILES string of the molecule is CC(C)(C)c1ccc(C(=O)Nc2cnn(C3CCNCC3)c2)cc1. The van der Waals surface area contributed by atoms with Crippen LogP contribution in [0.3, 0.4) is 0 Å². The van der Waals surface area contributed by atoms with E-state index in [9.17, 15) is 4.79 Å². The van der Waals surface area contributed by atoms with Crippen LogP contribution in [0.1, 0.15) is 55.6 Å². The number of hydrogen-bond donors (Lipinski definition) is 2. The molecule has 5 heteroatoms. The Morgan fingerprint density at radius 1 is 1.21 bits per heavy atom. The van der Waals surface area contributed by atoms with E-state index in [0.717, 1.165) is 31.6 Å². The van der Waals surface area contributed by atoms with Crippen molar-refractivity contribution in [2.75, 3.05) is 18.4 Å². The van der Waals surface area contributed by atoms with Gasteiger partial charge in [-0.05, 0) is 49.0 Å². The van der Waals surface area contributed by atoms with Gasteiger partial charge in [-0.15, -0.1) is 0 Å². The minimum Gasteiger partial charge on any atom is -0.319 e. The van der Waals surface area contributed by atoms with Crippen molar-refractivity contribution < 1.29 is 4.79 Å². The van der Waals surface area contributed by atoms with E-state index in [1.807, 2.05) is 35.1 Å². The number of carbonyl (C=O) groups excluding carboxylic acids is 1. The van der Waals surface area contributed by atoms with Crippen molar-refractivity contribution in [3.05, 3.63) is 47.8 Å². The molecule has 2 aromatic rings. The van der Waals surface area contributed by atoms with Gasteiger partial charge in [0.15, 0.2) is 0 Å². The molecule has 1 aromatic heterocycles. The molecule has 24 heavy (non-hydrogen) atoms. The number of hydrogen-bond acceptors (Lipinski definition) is 3. The fourth-order valence-electron chi connectivity index (χ4n) is 3.00. The van der Waals surface area contributed by atoms with Crippen LogP contribution in [0.15, 0.2) is 36.7 Å². The standard InChI is InChI=1S/C19H26N4O/c1-19(2,3)15-6-4-14(5-7-15)18(24)22-16-12-21-23(13-16)17-8-10-20-11-9-17/h4-7,12-13,17,20H,8-11H2,1-3H3,(H,22,24). The van der Waals surface area contributed by atoms with Crippen LogP contribution in [0.5, 0.6) is 0 Å². The topological polar surface area (TPSA) is 59.0 Å². The number of benzene rings is 1. The molecule has 2 heterocycles. The predicted molar refractivity (Wildman–Crippen MR) is 96.5 cm³/mol. The molecule has 0 atom stereocenters. The molecule has 0 unspecified atom stereocenters. The first-order valence-corrected chi connectivity index (χ1v) is 8.60. The minimum absolute atomic E-state index is 0.0883. The fraction of sp³-hybridized carbons (Fsp3) is 0.474. The maximum absolute atomic E-state index is 12.4. The van der Waals surface area contributed by atoms with Gasteiger partial charge in [-0.1, -0.05) is 32.9 Å². The Morgan fingerprint density at radius 3 is 2.50 bits per heavy atom. The summed E-state index contributed by atoms with van der Waals surface area (Å²) >= 11 is 0. The minimum atomic E-state index is -0.0969. The van der Waals surface area contributed by atoms with Crippen LogP contribution < -0.4 is 10.6 Å². The second kappa shape index (κ2) is 6.77. The molecule has 2 N–H and O–H groups in total. The normalized spacial score (nSPS) is 16.1. The Morgan fingerprint density at radius 2 is 1.88 bits per heavy atom. The first-order chi connectivity index (χ1) is 11.4. The molecular formula is C19H26N4O. The van der Waals surface area contributed by atoms with E-state index >= 15 is 0 Å². The van der Waals surface area contributed by atoms with Gasteiger partial charge in [-0.25, -0.2) is 0 Å². The lowest BCUT2D eigenvalue weighted by Gasteiger charge is -2.22. The summed E-state index contributed by atoms with van der Waals surface area (Å²) in [6, 6.07) is 8.23. The van der Waals surface area contributed by atoms with Crippen LogP contribution in [0.4, 0.5) is 5.69 Å². The van der Waals surface area contributed by atoms with E-state index in [1.54, 1.807) is 6.20 Å². The van der Waals surface area contributed by atoms with Gasteiger partial charge in [0.2, 0.25) is 0 Å². The molecule has 0 bridgehead atoms. The van der Waals surface area contributed by atoms with E-state index in [1.165, 1.54) is 5.56 Å². The van der Waals surface area contributed by atoms with E-state index in [-0.39, 0.29) is 11.3 Å². The van der Waals surface area contributed by atoms with Gasteiger partial charge >= 0.3 is 0 Å². The summed E-state index contributed by atoms with van der Waals surface area (Å²) in [6.45, 7) is 8.53. The number of anilines is 1. The highest BCUT2D eigenvalue weighted by Crippen LogP contribution is 2.23. The number of aromatic nitrogens is 2. The lowest BCUT2D eigenvalue weighted by atomic mass is 9.87. The van der Waals surface area contributed by atoms with Crippen molar-refractivity contribution in [2.45, 2.75) is 45.1 Å². The second-order valence-electron chi connectivity index (χ2n) is 7.47. The summed E-state index contributed by atoms with van der Waals surface area (Å²) in [5, 5.41) is 10.7. The number of nitrogens with one attached hydrogen (secondary N) is 2. The lowest BCUT2D eigenvalue weighted by Crippen LogP contribution is -2.29. The molecule has 128 valence electrons. The van der Waals surface area contributed by atoms with E-state index in [0.29, 0.717) is 11.6 Å². The summed E-state index contributed by atoms with van der Waals surface area (Å²) in [6.07, 6.45) is 5.80. The third kappa shape index (κ3) is 3.85. The van der Waals surface area contributed by atoms with Crippen molar-refractivity contribution in [3.63, 3.8) is 0 Å². The van der Waals surface area contributed by atoms with E-state index in [2.05, 4.69) is 36.5 Å². The first-order valence-electron chi connectivity index (χ1n) is 8.60. The summed E-state index contributed by atoms with van der Waals surface area (Å²) in [5.41, 5.74) is 2.72. The summed E-state index contributed by atoms with van der Waals surface area (Å²) in [5.74, 6) is -0.0969. The first kappa shape index (κ1) is 16.7. The zero-order chi connectivity index (χ0) is 17.2. The molecule has 0 saturated carbocycles. The molecule has 1 saturated heterocycles. The van der Waals surface area contributed by atoms with Crippen LogP contribution in [0, 0.1) is 0 Å². The monoisotopic (exact) mass is 326 g/mol. The highest BCUT2D eigenvalue weighted by atomic mass is 16.1. The predicted octanol–water partition coefficient (Wildman–Crippen LogP) is 3.36. The smallest absolute Gasteiger partial charge is 0.255 e. The van der Waals surface area contributed by atoms with Gasteiger partial charge in [0.05, 0.1) is 17.9 Å². The van der Waals surface area contributed by atoms with Crippen molar-refractivity contribution in [1.29, 1.82) is 0 Å². The van der Waals surface area contributed by atoms with Crippen LogP contribution in [-0.4, -0.2) is 28.8 Å². The molecule has 1 amide bonds. The Kier molecular flexibility index (Phi) is 4.71. The molecule has 1 aliphatic rings. The Balaban J connectivity index is 1.65. The van der Waals surface area contributed by atoms with Gasteiger partial charge in [-0.2, -0.15) is 5.10 Å². The Bertz CT molecular complexity index is 691. The lowest BCUT2D eigenvalue weighted by molar-refractivity contribution is 0.102. The maximum Gasteiger partial charge on any atom is 0.255 e. The number of nitrogens with zero attached hydrogens (tertiary/aromatic N) is 2. The molecular weight excluding hydrogens is 300 g/mol. The Hall–Kier alpha value is -2.14. The summed E-state index contributed by atoms with van der Waals surface area (Å²) in [4.78, 5) is 12.4. The van der Waals surface area contributed by atoms with E-state index in [4.69, 9.17) is 0 Å². The quantitative estimate of drug-likeness (QED) is 0.909. The van der Waals surface area contributed by atoms with Crippen molar-refractivity contribution in [2.24, 2.45) is 0 Å². The molecule has 0 radical (unpaired) electrons. The van der Waals surface area contributed by atoms with Gasteiger partial charge in [0.25, 0.3) is 5.91 Å². The third-order valence-electron chi connectivity index (χ3n) is 4.56. The number of carbonyl (C=O) groups is 1. The molecule has 1 fully saturated rings. The number of piperidine rings is 1. The highest BCUT2D eigenvalue weighted by Gasteiger charge is 2.17. The van der Waals surface area contributed by atoms with Gasteiger partial charge in [0, 0.05) is 11.8 Å². The van der Waals surface area contributed by atoms with Crippen LogP contribution >= 0.6 is 0 Å². The molecule has 3 rings (SSSR count). The third-order valence-corrected chi connectivity index (χ3v) is 4.56. The van der Waals surface area contributed by atoms with Gasteiger partial charge in [-0.3, -0.25) is 9.48 Å². The molecule has 5 nitrogen and oxygen atoms in total. The molecule has 0 spiro atoms. The van der Waals surface area contributed by atoms with Gasteiger partial charge < -0.3 is 10.6 Å². The van der Waals surface area contributed by atoms with Crippen LogP contribution in [-0.2, 0) is 5.41 Å². The summed E-state index contributed by atoms with van der Waals surface area (Å²) < 4.78 is 1.97. The highest BCUT2D eigenvalue weighted by molar-refractivity contribution is 6.04. The maximum atomic E-state index is 12.4. The van der Waals surface area contributed by atoms with Crippen LogP contribution in [0.25, 0.3) is 0 Å². The van der Waals surface area contributed by atoms with Crippen LogP contribution in [0.2, 0.25) is 0 Å².